The number of rotatable bonds is 4. The molecule has 1 N–H and O–H groups in total. The molecule has 2 rings (SSSR count). The molecule has 0 aromatic heterocycles. The van der Waals surface area contributed by atoms with E-state index in [-0.39, 0.29) is 6.04 Å². The van der Waals surface area contributed by atoms with Crippen LogP contribution in [0.3, 0.4) is 0 Å². The van der Waals surface area contributed by atoms with Crippen LogP contribution < -0.4 is 4.72 Å². The zero-order valence-electron chi connectivity index (χ0n) is 12.0. The molecule has 1 aromatic carbocycles. The van der Waals surface area contributed by atoms with Crippen LogP contribution in [0, 0.1) is 9.49 Å². The molecule has 112 valence electrons. The second kappa shape index (κ2) is 6.75. The van der Waals surface area contributed by atoms with Gasteiger partial charge in [-0.25, -0.2) is 13.1 Å². The van der Waals surface area contributed by atoms with Gasteiger partial charge in [-0.3, -0.25) is 0 Å². The first-order valence-electron chi connectivity index (χ1n) is 7.25. The van der Waals surface area contributed by atoms with Gasteiger partial charge in [-0.15, -0.1) is 0 Å². The number of nitrogens with one attached hydrogen (secondary N) is 1. The number of hydrogen-bond acceptors (Lipinski definition) is 2. The van der Waals surface area contributed by atoms with Crippen molar-refractivity contribution in [3.05, 3.63) is 27.3 Å². The minimum Gasteiger partial charge on any atom is -0.208 e. The number of sulfonamides is 1. The average molecular weight is 407 g/mol. The molecule has 1 saturated carbocycles. The van der Waals surface area contributed by atoms with Crippen molar-refractivity contribution < 1.29 is 8.42 Å². The largest absolute Gasteiger partial charge is 0.240 e. The molecule has 1 aliphatic carbocycles. The maximum Gasteiger partial charge on any atom is 0.240 e. The average Bonchev–Trinajstić information content (AvgIpc) is 2.41. The normalized spacial score (nSPS) is 23.8. The Morgan fingerprint density at radius 1 is 1.30 bits per heavy atom. The summed E-state index contributed by atoms with van der Waals surface area (Å²) in [6.45, 7) is 4.18. The molecular formula is C15H22INO2S. The van der Waals surface area contributed by atoms with Crippen LogP contribution in [-0.4, -0.2) is 14.5 Å². The Morgan fingerprint density at radius 2 is 2.00 bits per heavy atom. The van der Waals surface area contributed by atoms with Crippen molar-refractivity contribution in [1.29, 1.82) is 0 Å². The van der Waals surface area contributed by atoms with E-state index in [1.54, 1.807) is 12.1 Å². The Balaban J connectivity index is 2.21. The molecule has 1 fully saturated rings. The lowest BCUT2D eigenvalue weighted by Crippen LogP contribution is -2.41. The third kappa shape index (κ3) is 3.74. The summed E-state index contributed by atoms with van der Waals surface area (Å²) in [5, 5.41) is 0. The maximum atomic E-state index is 12.5. The summed E-state index contributed by atoms with van der Waals surface area (Å²) in [4.78, 5) is 0.396. The van der Waals surface area contributed by atoms with Gasteiger partial charge in [-0.2, -0.15) is 0 Å². The summed E-state index contributed by atoms with van der Waals surface area (Å²) in [6.07, 6.45) is 5.24. The van der Waals surface area contributed by atoms with Crippen LogP contribution in [0.15, 0.2) is 23.1 Å². The maximum absolute atomic E-state index is 12.5. The first-order valence-corrected chi connectivity index (χ1v) is 9.81. The Kier molecular flexibility index (Phi) is 5.48. The van der Waals surface area contributed by atoms with E-state index in [0.717, 1.165) is 34.8 Å². The summed E-state index contributed by atoms with van der Waals surface area (Å²) >= 11 is 2.25. The van der Waals surface area contributed by atoms with E-state index in [9.17, 15) is 8.42 Å². The number of aryl methyl sites for hydroxylation is 1. The van der Waals surface area contributed by atoms with Crippen LogP contribution in [0.1, 0.15) is 45.1 Å². The first-order chi connectivity index (χ1) is 9.44. The Morgan fingerprint density at radius 3 is 2.65 bits per heavy atom. The third-order valence-corrected chi connectivity index (χ3v) is 6.67. The summed E-state index contributed by atoms with van der Waals surface area (Å²) in [5.41, 5.74) is 1.09. The highest BCUT2D eigenvalue weighted by Gasteiger charge is 2.26. The summed E-state index contributed by atoms with van der Waals surface area (Å²) in [5.74, 6) is 0.424. The van der Waals surface area contributed by atoms with Crippen molar-refractivity contribution in [3.63, 3.8) is 0 Å². The summed E-state index contributed by atoms with van der Waals surface area (Å²) in [6, 6.07) is 5.48. The lowest BCUT2D eigenvalue weighted by molar-refractivity contribution is 0.310. The number of hydrogen-bond donors (Lipinski definition) is 1. The van der Waals surface area contributed by atoms with Gasteiger partial charge in [0.2, 0.25) is 10.0 Å². The van der Waals surface area contributed by atoms with E-state index in [1.807, 2.05) is 13.0 Å². The molecule has 0 amide bonds. The van der Waals surface area contributed by atoms with Gasteiger partial charge in [-0.1, -0.05) is 26.7 Å². The van der Waals surface area contributed by atoms with Gasteiger partial charge in [-0.05, 0) is 71.5 Å². The quantitative estimate of drug-likeness (QED) is 0.774. The fourth-order valence-electron chi connectivity index (χ4n) is 2.75. The van der Waals surface area contributed by atoms with Gasteiger partial charge in [0.25, 0.3) is 0 Å². The lowest BCUT2D eigenvalue weighted by Gasteiger charge is -2.29. The highest BCUT2D eigenvalue weighted by atomic mass is 127. The zero-order valence-corrected chi connectivity index (χ0v) is 15.0. The molecule has 0 saturated heterocycles. The summed E-state index contributed by atoms with van der Waals surface area (Å²) in [7, 11) is -3.40. The van der Waals surface area contributed by atoms with E-state index in [2.05, 4.69) is 34.2 Å². The Labute approximate surface area is 135 Å². The fourth-order valence-corrected chi connectivity index (χ4v) is 4.89. The molecule has 1 aromatic rings. The van der Waals surface area contributed by atoms with Gasteiger partial charge >= 0.3 is 0 Å². The van der Waals surface area contributed by atoms with Crippen LogP contribution >= 0.6 is 22.6 Å². The van der Waals surface area contributed by atoms with Gasteiger partial charge in [0.05, 0.1) is 4.90 Å². The van der Waals surface area contributed by atoms with Gasteiger partial charge < -0.3 is 0 Å². The van der Waals surface area contributed by atoms with E-state index >= 15 is 0 Å². The molecule has 0 heterocycles. The van der Waals surface area contributed by atoms with Crippen molar-refractivity contribution in [2.45, 2.75) is 56.9 Å². The molecule has 20 heavy (non-hydrogen) atoms. The van der Waals surface area contributed by atoms with Crippen LogP contribution in [0.2, 0.25) is 0 Å². The molecule has 0 radical (unpaired) electrons. The fraction of sp³-hybridized carbons (Fsp3) is 0.600. The predicted octanol–water partition coefficient (Wildman–Crippen LogP) is 3.71. The number of halogens is 1. The van der Waals surface area contributed by atoms with E-state index in [4.69, 9.17) is 0 Å². The second-order valence-electron chi connectivity index (χ2n) is 5.60. The third-order valence-electron chi connectivity index (χ3n) is 4.13. The van der Waals surface area contributed by atoms with Crippen molar-refractivity contribution in [3.8, 4) is 0 Å². The van der Waals surface area contributed by atoms with Crippen molar-refractivity contribution >= 4 is 32.6 Å². The zero-order chi connectivity index (χ0) is 14.8. The van der Waals surface area contributed by atoms with Gasteiger partial charge in [0, 0.05) is 9.61 Å². The molecular weight excluding hydrogens is 385 g/mol. The molecule has 3 nitrogen and oxygen atoms in total. The SMILES string of the molecule is CCc1cc(S(=O)(=O)N[C@H]2CCCC[C@H]2C)ccc1I. The van der Waals surface area contributed by atoms with E-state index < -0.39 is 10.0 Å². The van der Waals surface area contributed by atoms with Crippen LogP contribution in [0.25, 0.3) is 0 Å². The van der Waals surface area contributed by atoms with E-state index in [1.165, 1.54) is 6.42 Å². The van der Waals surface area contributed by atoms with Crippen molar-refractivity contribution in [2.24, 2.45) is 5.92 Å². The van der Waals surface area contributed by atoms with Crippen LogP contribution in [0.4, 0.5) is 0 Å². The topological polar surface area (TPSA) is 46.2 Å². The minimum atomic E-state index is -3.40. The molecule has 5 heteroatoms. The first kappa shape index (κ1) is 16.2. The van der Waals surface area contributed by atoms with Crippen molar-refractivity contribution in [1.82, 2.24) is 4.72 Å². The Hall–Kier alpha value is -0.140. The molecule has 0 unspecified atom stereocenters. The van der Waals surface area contributed by atoms with Gasteiger partial charge in [0.1, 0.15) is 0 Å². The molecule has 0 aliphatic heterocycles. The number of benzene rings is 1. The second-order valence-corrected chi connectivity index (χ2v) is 8.47. The standard InChI is InChI=1S/C15H22INO2S/c1-3-12-10-13(8-9-14(12)16)20(18,19)17-15-7-5-4-6-11(15)2/h8-11,15,17H,3-7H2,1-2H3/t11-,15+/m1/s1. The van der Waals surface area contributed by atoms with Gasteiger partial charge in [0.15, 0.2) is 0 Å². The molecule has 1 aliphatic rings. The smallest absolute Gasteiger partial charge is 0.208 e. The Bertz CT molecular complexity index is 571. The van der Waals surface area contributed by atoms with E-state index in [0.29, 0.717) is 10.8 Å². The highest BCUT2D eigenvalue weighted by Crippen LogP contribution is 2.26. The van der Waals surface area contributed by atoms with Crippen LogP contribution in [-0.2, 0) is 16.4 Å². The summed E-state index contributed by atoms with van der Waals surface area (Å²) < 4.78 is 29.0. The molecule has 2 atom stereocenters. The lowest BCUT2D eigenvalue weighted by atomic mass is 9.87. The monoisotopic (exact) mass is 407 g/mol. The highest BCUT2D eigenvalue weighted by molar-refractivity contribution is 14.1. The molecule has 0 bridgehead atoms. The molecule has 0 spiro atoms. The van der Waals surface area contributed by atoms with Crippen molar-refractivity contribution in [2.75, 3.05) is 0 Å². The van der Waals surface area contributed by atoms with Crippen LogP contribution in [0.5, 0.6) is 0 Å². The minimum absolute atomic E-state index is 0.0816. The predicted molar refractivity (Wildman–Crippen MR) is 90.3 cm³/mol.